The van der Waals surface area contributed by atoms with E-state index in [0.717, 1.165) is 0 Å². The highest BCUT2D eigenvalue weighted by Gasteiger charge is 2.47. The van der Waals surface area contributed by atoms with E-state index in [2.05, 4.69) is 0 Å². The molecule has 5 rings (SSSR count). The summed E-state index contributed by atoms with van der Waals surface area (Å²) in [6.07, 6.45) is -14.2. The molecule has 0 unspecified atom stereocenters. The van der Waals surface area contributed by atoms with Crippen LogP contribution in [0, 0.1) is 0 Å². The zero-order valence-electron chi connectivity index (χ0n) is 23.0. The molecule has 9 atom stereocenters. The van der Waals surface area contributed by atoms with Crippen molar-refractivity contribution in [1.82, 2.24) is 0 Å². The number of aliphatic hydroxyl groups excluding tert-OH is 6. The Morgan fingerprint density at radius 1 is 0.860 bits per heavy atom. The second kappa shape index (κ2) is 12.6. The first kappa shape index (κ1) is 30.9. The highest BCUT2D eigenvalue weighted by Crippen LogP contribution is 2.43. The van der Waals surface area contributed by atoms with Crippen molar-refractivity contribution in [2.75, 3.05) is 27.4 Å². The van der Waals surface area contributed by atoms with Crippen LogP contribution >= 0.6 is 0 Å². The van der Waals surface area contributed by atoms with Crippen molar-refractivity contribution < 1.29 is 68.6 Å². The number of aromatic hydroxyl groups is 1. The number of hydrogen-bond donors (Lipinski definition) is 7. The van der Waals surface area contributed by atoms with Crippen LogP contribution in [0.5, 0.6) is 23.0 Å². The zero-order valence-corrected chi connectivity index (χ0v) is 23.0. The van der Waals surface area contributed by atoms with Crippen LogP contribution in [0.4, 0.5) is 0 Å². The normalized spacial score (nSPS) is 31.1. The molecule has 0 aliphatic carbocycles. The van der Waals surface area contributed by atoms with E-state index < -0.39 is 73.1 Å². The van der Waals surface area contributed by atoms with Gasteiger partial charge in [-0.2, -0.15) is 0 Å². The highest BCUT2D eigenvalue weighted by atomic mass is 16.7. The molecule has 43 heavy (non-hydrogen) atoms. The Labute approximate surface area is 243 Å². The third kappa shape index (κ3) is 5.99. The first-order valence-corrected chi connectivity index (χ1v) is 13.2. The molecule has 15 nitrogen and oxygen atoms in total. The number of rotatable bonds is 8. The van der Waals surface area contributed by atoms with E-state index in [1.54, 1.807) is 24.3 Å². The number of aliphatic hydroxyl groups is 6. The molecule has 3 aromatic rings. The van der Waals surface area contributed by atoms with E-state index in [9.17, 15) is 40.5 Å². The molecule has 2 aliphatic rings. The van der Waals surface area contributed by atoms with Crippen LogP contribution in [-0.4, -0.2) is 118 Å². The van der Waals surface area contributed by atoms with Gasteiger partial charge in [-0.05, 0) is 24.3 Å². The minimum atomic E-state index is -1.81. The number of hydrogen-bond acceptors (Lipinski definition) is 15. The lowest BCUT2D eigenvalue weighted by molar-refractivity contribution is -0.307. The lowest BCUT2D eigenvalue weighted by Gasteiger charge is -2.41. The minimum absolute atomic E-state index is 0.0958. The SMILES string of the molecule is COc1ccc(-c2cc(=O)c3c(O)c(OC)c(O[C@@H]4O[C@H](CO[C@@H]5OC[C@@H](O)[C@H](O)[C@H]5O)[C@@H](O)[C@H](O)[C@H]4O)cc3o2)cc1. The van der Waals surface area contributed by atoms with Crippen molar-refractivity contribution in [3.05, 3.63) is 46.6 Å². The maximum atomic E-state index is 13.0. The summed E-state index contributed by atoms with van der Waals surface area (Å²) < 4.78 is 38.3. The summed E-state index contributed by atoms with van der Waals surface area (Å²) >= 11 is 0. The third-order valence-electron chi connectivity index (χ3n) is 7.28. The molecule has 15 heteroatoms. The predicted molar refractivity (Wildman–Crippen MR) is 144 cm³/mol. The van der Waals surface area contributed by atoms with Gasteiger partial charge in [0.15, 0.2) is 23.2 Å². The van der Waals surface area contributed by atoms with Gasteiger partial charge in [-0.3, -0.25) is 4.79 Å². The molecule has 0 spiro atoms. The molecule has 0 bridgehead atoms. The van der Waals surface area contributed by atoms with Crippen molar-refractivity contribution in [1.29, 1.82) is 0 Å². The molecular formula is C28H32O15. The van der Waals surface area contributed by atoms with Gasteiger partial charge in [0.2, 0.25) is 12.0 Å². The summed E-state index contributed by atoms with van der Waals surface area (Å²) in [4.78, 5) is 13.0. The van der Waals surface area contributed by atoms with Crippen molar-refractivity contribution in [3.8, 4) is 34.3 Å². The Morgan fingerprint density at radius 2 is 1.56 bits per heavy atom. The van der Waals surface area contributed by atoms with Crippen molar-refractivity contribution in [2.45, 2.75) is 55.3 Å². The monoisotopic (exact) mass is 608 g/mol. The fraction of sp³-hybridized carbons (Fsp3) is 0.464. The van der Waals surface area contributed by atoms with Gasteiger partial charge >= 0.3 is 0 Å². The summed E-state index contributed by atoms with van der Waals surface area (Å²) in [6.45, 7) is -0.832. The van der Waals surface area contributed by atoms with E-state index in [4.69, 9.17) is 32.8 Å². The van der Waals surface area contributed by atoms with Crippen LogP contribution in [0.15, 0.2) is 45.6 Å². The van der Waals surface area contributed by atoms with E-state index in [-0.39, 0.29) is 34.8 Å². The first-order chi connectivity index (χ1) is 20.5. The van der Waals surface area contributed by atoms with Crippen LogP contribution in [0.1, 0.15) is 0 Å². The first-order valence-electron chi connectivity index (χ1n) is 13.2. The van der Waals surface area contributed by atoms with Gasteiger partial charge in [0, 0.05) is 17.7 Å². The van der Waals surface area contributed by atoms with Crippen LogP contribution in [0.2, 0.25) is 0 Å². The summed E-state index contributed by atoms with van der Waals surface area (Å²) in [7, 11) is 2.72. The van der Waals surface area contributed by atoms with Crippen LogP contribution in [-0.2, 0) is 14.2 Å². The lowest BCUT2D eigenvalue weighted by atomic mass is 9.99. The topological polar surface area (TPSA) is 227 Å². The number of benzene rings is 2. The molecule has 234 valence electrons. The van der Waals surface area contributed by atoms with Gasteiger partial charge in [-0.1, -0.05) is 0 Å². The number of fused-ring (bicyclic) bond motifs is 1. The maximum absolute atomic E-state index is 13.0. The average Bonchev–Trinajstić information content (AvgIpc) is 3.00. The van der Waals surface area contributed by atoms with Gasteiger partial charge in [-0.15, -0.1) is 0 Å². The molecule has 2 saturated heterocycles. The summed E-state index contributed by atoms with van der Waals surface area (Å²) in [6, 6.07) is 9.13. The van der Waals surface area contributed by atoms with E-state index in [1.807, 2.05) is 0 Å². The fourth-order valence-electron chi connectivity index (χ4n) is 4.84. The Bertz CT molecular complexity index is 1470. The number of phenols is 1. The molecule has 0 radical (unpaired) electrons. The summed E-state index contributed by atoms with van der Waals surface area (Å²) in [5.41, 5.74) is -0.136. The van der Waals surface area contributed by atoms with Gasteiger partial charge < -0.3 is 68.6 Å². The zero-order chi connectivity index (χ0) is 31.0. The summed E-state index contributed by atoms with van der Waals surface area (Å²) in [5, 5.41) is 71.9. The quantitative estimate of drug-likeness (QED) is 0.160. The van der Waals surface area contributed by atoms with Crippen molar-refractivity contribution in [2.24, 2.45) is 0 Å². The van der Waals surface area contributed by atoms with Gasteiger partial charge in [-0.25, -0.2) is 0 Å². The molecule has 2 fully saturated rings. The molecule has 0 saturated carbocycles. The molecule has 3 heterocycles. The van der Waals surface area contributed by atoms with Gasteiger partial charge in [0.1, 0.15) is 65.2 Å². The molecular weight excluding hydrogens is 576 g/mol. The number of ether oxygens (including phenoxy) is 6. The molecule has 0 amide bonds. The largest absolute Gasteiger partial charge is 0.504 e. The average molecular weight is 609 g/mol. The van der Waals surface area contributed by atoms with Gasteiger partial charge in [0.05, 0.1) is 27.4 Å². The van der Waals surface area contributed by atoms with Crippen LogP contribution < -0.4 is 19.6 Å². The predicted octanol–water partition coefficient (Wildman–Crippen LogP) is -1.18. The number of methoxy groups -OCH3 is 2. The Kier molecular flexibility index (Phi) is 9.07. The van der Waals surface area contributed by atoms with Crippen molar-refractivity contribution >= 4 is 11.0 Å². The second-order valence-corrected chi connectivity index (χ2v) is 10.0. The second-order valence-electron chi connectivity index (χ2n) is 10.0. The van der Waals surface area contributed by atoms with E-state index in [1.165, 1.54) is 26.4 Å². The third-order valence-corrected chi connectivity index (χ3v) is 7.28. The molecule has 2 aromatic carbocycles. The van der Waals surface area contributed by atoms with Crippen molar-refractivity contribution in [3.63, 3.8) is 0 Å². The maximum Gasteiger partial charge on any atom is 0.229 e. The molecule has 1 aromatic heterocycles. The summed E-state index contributed by atoms with van der Waals surface area (Å²) in [5.74, 6) is -0.388. The molecule has 2 aliphatic heterocycles. The highest BCUT2D eigenvalue weighted by molar-refractivity contribution is 5.89. The Balaban J connectivity index is 1.41. The Hall–Kier alpha value is -3.51. The number of phenolic OH excluding ortho intramolecular Hbond substituents is 1. The lowest BCUT2D eigenvalue weighted by Crippen LogP contribution is -2.61. The fourth-order valence-corrected chi connectivity index (χ4v) is 4.84. The van der Waals surface area contributed by atoms with Crippen LogP contribution in [0.3, 0.4) is 0 Å². The minimum Gasteiger partial charge on any atom is -0.504 e. The Morgan fingerprint density at radius 3 is 2.23 bits per heavy atom. The van der Waals surface area contributed by atoms with E-state index in [0.29, 0.717) is 11.3 Å². The van der Waals surface area contributed by atoms with Gasteiger partial charge in [0.25, 0.3) is 0 Å². The smallest absolute Gasteiger partial charge is 0.229 e. The molecule has 7 N–H and O–H groups in total. The van der Waals surface area contributed by atoms with Crippen LogP contribution in [0.25, 0.3) is 22.3 Å². The van der Waals surface area contributed by atoms with E-state index >= 15 is 0 Å². The standard InChI is InChI=1S/C28H32O15/c1-37-12-5-3-11(4-6-12)15-7-13(29)19-16(41-15)8-17(26(38-2)22(19)33)42-28-25(36)23(34)21(32)18(43-28)10-40-27-24(35)20(31)14(30)9-39-27/h3-8,14,18,20-21,23-25,27-28,30-36H,9-10H2,1-2H3/t14-,18-,20+,21-,23+,24-,25-,27+,28-/m1/s1.